The lowest BCUT2D eigenvalue weighted by molar-refractivity contribution is 0.0892. The lowest BCUT2D eigenvalue weighted by Crippen LogP contribution is -2.43. The number of hydrogen-bond donors (Lipinski definition) is 2. The predicted octanol–water partition coefficient (Wildman–Crippen LogP) is 6.15. The van der Waals surface area contributed by atoms with E-state index in [1.54, 1.807) is 0 Å². The fourth-order valence-electron chi connectivity index (χ4n) is 4.47. The number of aromatic nitrogens is 1. The van der Waals surface area contributed by atoms with Crippen LogP contribution in [0.4, 0.5) is 11.5 Å². The van der Waals surface area contributed by atoms with E-state index in [0.29, 0.717) is 23.2 Å². The zero-order chi connectivity index (χ0) is 21.3. The standard InChI is InChI=1S/C26H31N3O/c1-16-12-13-18(3)24(14-16)28-25-15-21(20-9-5-6-10-23(20)27-25)26(30)29-22-11-7-8-17(2)19(22)4/h5-6,9-10,12-15,17,19,22H,7-8,11H2,1-4H3,(H,27,28)(H,29,30)/t17-,19+,22+/m0/s1. The number of anilines is 2. The van der Waals surface area contributed by atoms with Gasteiger partial charge in [0.05, 0.1) is 11.1 Å². The van der Waals surface area contributed by atoms with Gasteiger partial charge in [0.2, 0.25) is 0 Å². The lowest BCUT2D eigenvalue weighted by atomic mass is 9.78. The molecule has 1 saturated carbocycles. The van der Waals surface area contributed by atoms with Crippen molar-refractivity contribution in [2.75, 3.05) is 5.32 Å². The second-order valence-corrected chi connectivity index (χ2v) is 8.86. The van der Waals surface area contributed by atoms with Crippen molar-refractivity contribution in [3.8, 4) is 0 Å². The van der Waals surface area contributed by atoms with Gasteiger partial charge in [-0.2, -0.15) is 0 Å². The van der Waals surface area contributed by atoms with Crippen molar-refractivity contribution in [1.29, 1.82) is 0 Å². The summed E-state index contributed by atoms with van der Waals surface area (Å²) in [7, 11) is 0. The molecule has 4 rings (SSSR count). The first-order valence-corrected chi connectivity index (χ1v) is 11.0. The number of pyridine rings is 1. The quantitative estimate of drug-likeness (QED) is 0.551. The van der Waals surface area contributed by atoms with E-state index in [4.69, 9.17) is 4.98 Å². The summed E-state index contributed by atoms with van der Waals surface area (Å²) >= 11 is 0. The van der Waals surface area contributed by atoms with Crippen molar-refractivity contribution in [3.05, 3.63) is 65.2 Å². The highest BCUT2D eigenvalue weighted by molar-refractivity contribution is 6.07. The second-order valence-electron chi connectivity index (χ2n) is 8.86. The average Bonchev–Trinajstić information content (AvgIpc) is 2.73. The first-order chi connectivity index (χ1) is 14.4. The molecule has 1 fully saturated rings. The number of amides is 1. The number of benzene rings is 2. The van der Waals surface area contributed by atoms with Crippen molar-refractivity contribution in [1.82, 2.24) is 10.3 Å². The molecule has 2 aromatic carbocycles. The van der Waals surface area contributed by atoms with Crippen molar-refractivity contribution in [2.45, 2.75) is 53.0 Å². The zero-order valence-electron chi connectivity index (χ0n) is 18.3. The number of rotatable bonds is 4. The largest absolute Gasteiger partial charge is 0.349 e. The third kappa shape index (κ3) is 4.18. The molecule has 0 bridgehead atoms. The average molecular weight is 402 g/mol. The summed E-state index contributed by atoms with van der Waals surface area (Å²) in [5, 5.41) is 7.64. The zero-order valence-corrected chi connectivity index (χ0v) is 18.3. The molecule has 0 aliphatic heterocycles. The van der Waals surface area contributed by atoms with Crippen LogP contribution in [0, 0.1) is 25.7 Å². The van der Waals surface area contributed by atoms with Crippen molar-refractivity contribution < 1.29 is 4.79 Å². The molecule has 1 amide bonds. The summed E-state index contributed by atoms with van der Waals surface area (Å²) in [5.41, 5.74) is 4.84. The summed E-state index contributed by atoms with van der Waals surface area (Å²) in [6.07, 6.45) is 3.47. The third-order valence-corrected chi connectivity index (χ3v) is 6.64. The van der Waals surface area contributed by atoms with Gasteiger partial charge in [-0.1, -0.05) is 57.0 Å². The molecule has 0 unspecified atom stereocenters. The fraction of sp³-hybridized carbons (Fsp3) is 0.385. The van der Waals surface area contributed by atoms with Gasteiger partial charge in [-0.15, -0.1) is 0 Å². The van der Waals surface area contributed by atoms with Crippen molar-refractivity contribution >= 4 is 28.3 Å². The van der Waals surface area contributed by atoms with E-state index in [0.717, 1.165) is 28.6 Å². The van der Waals surface area contributed by atoms with E-state index in [9.17, 15) is 4.79 Å². The van der Waals surface area contributed by atoms with Crippen LogP contribution < -0.4 is 10.6 Å². The number of hydrogen-bond acceptors (Lipinski definition) is 3. The number of aryl methyl sites for hydroxylation is 2. The van der Waals surface area contributed by atoms with Crippen molar-refractivity contribution in [3.63, 3.8) is 0 Å². The maximum absolute atomic E-state index is 13.3. The number of nitrogens with one attached hydrogen (secondary N) is 2. The molecule has 156 valence electrons. The fourth-order valence-corrected chi connectivity index (χ4v) is 4.47. The Bertz CT molecular complexity index is 1080. The minimum absolute atomic E-state index is 0.0106. The SMILES string of the molecule is Cc1ccc(C)c(Nc2cc(C(=O)N[C@@H]3CCC[C@H](C)[C@H]3C)c3ccccc3n2)c1. The Labute approximate surface area is 179 Å². The van der Waals surface area contributed by atoms with Crippen LogP contribution in [0.2, 0.25) is 0 Å². The highest BCUT2D eigenvalue weighted by Crippen LogP contribution is 2.30. The first-order valence-electron chi connectivity index (χ1n) is 11.0. The van der Waals surface area contributed by atoms with Gasteiger partial charge in [0.25, 0.3) is 5.91 Å². The van der Waals surface area contributed by atoms with Crippen LogP contribution in [0.25, 0.3) is 10.9 Å². The van der Waals surface area contributed by atoms with E-state index in [1.807, 2.05) is 30.3 Å². The van der Waals surface area contributed by atoms with E-state index in [2.05, 4.69) is 56.5 Å². The smallest absolute Gasteiger partial charge is 0.252 e. The molecule has 0 spiro atoms. The van der Waals surface area contributed by atoms with Gasteiger partial charge in [-0.05, 0) is 61.4 Å². The molecule has 0 saturated heterocycles. The molecule has 3 atom stereocenters. The van der Waals surface area contributed by atoms with Gasteiger partial charge in [0.1, 0.15) is 5.82 Å². The minimum Gasteiger partial charge on any atom is -0.349 e. The lowest BCUT2D eigenvalue weighted by Gasteiger charge is -2.34. The van der Waals surface area contributed by atoms with Gasteiger partial charge >= 0.3 is 0 Å². The first kappa shape index (κ1) is 20.4. The third-order valence-electron chi connectivity index (χ3n) is 6.64. The van der Waals surface area contributed by atoms with E-state index < -0.39 is 0 Å². The summed E-state index contributed by atoms with van der Waals surface area (Å²) in [6.45, 7) is 8.69. The summed E-state index contributed by atoms with van der Waals surface area (Å²) < 4.78 is 0. The molecular formula is C26H31N3O. The van der Waals surface area contributed by atoms with Crippen LogP contribution in [0.1, 0.15) is 54.6 Å². The minimum atomic E-state index is -0.0106. The Kier molecular flexibility index (Phi) is 5.76. The Morgan fingerprint density at radius 2 is 1.83 bits per heavy atom. The summed E-state index contributed by atoms with van der Waals surface area (Å²) in [6, 6.07) is 16.3. The number of carbonyl (C=O) groups is 1. The Morgan fingerprint density at radius 1 is 1.03 bits per heavy atom. The van der Waals surface area contributed by atoms with Gasteiger partial charge in [-0.3, -0.25) is 4.79 Å². The molecule has 4 heteroatoms. The molecule has 1 aliphatic carbocycles. The number of carbonyl (C=O) groups excluding carboxylic acids is 1. The molecule has 4 nitrogen and oxygen atoms in total. The molecule has 1 heterocycles. The number of para-hydroxylation sites is 1. The molecule has 30 heavy (non-hydrogen) atoms. The Hall–Kier alpha value is -2.88. The van der Waals surface area contributed by atoms with Gasteiger partial charge in [0, 0.05) is 17.1 Å². The Morgan fingerprint density at radius 3 is 2.67 bits per heavy atom. The normalized spacial score (nSPS) is 21.4. The van der Waals surface area contributed by atoms with Crippen molar-refractivity contribution in [2.24, 2.45) is 11.8 Å². The van der Waals surface area contributed by atoms with Gasteiger partial charge in [-0.25, -0.2) is 4.98 Å². The molecule has 1 aliphatic rings. The van der Waals surface area contributed by atoms with E-state index in [-0.39, 0.29) is 11.9 Å². The van der Waals surface area contributed by atoms with E-state index in [1.165, 1.54) is 18.4 Å². The highest BCUT2D eigenvalue weighted by atomic mass is 16.1. The molecule has 1 aromatic heterocycles. The van der Waals surface area contributed by atoms with Crippen LogP contribution in [-0.2, 0) is 0 Å². The monoisotopic (exact) mass is 401 g/mol. The molecule has 3 aromatic rings. The van der Waals surface area contributed by atoms with Crippen LogP contribution in [0.15, 0.2) is 48.5 Å². The maximum atomic E-state index is 13.3. The molecular weight excluding hydrogens is 370 g/mol. The van der Waals surface area contributed by atoms with Crippen LogP contribution in [-0.4, -0.2) is 16.9 Å². The number of nitrogens with zero attached hydrogens (tertiary/aromatic N) is 1. The summed E-state index contributed by atoms with van der Waals surface area (Å²) in [4.78, 5) is 18.1. The number of fused-ring (bicyclic) bond motifs is 1. The topological polar surface area (TPSA) is 54.0 Å². The highest BCUT2D eigenvalue weighted by Gasteiger charge is 2.29. The molecule has 2 N–H and O–H groups in total. The maximum Gasteiger partial charge on any atom is 0.252 e. The van der Waals surface area contributed by atoms with Gasteiger partial charge in [0.15, 0.2) is 0 Å². The van der Waals surface area contributed by atoms with Crippen LogP contribution >= 0.6 is 0 Å². The molecule has 0 radical (unpaired) electrons. The van der Waals surface area contributed by atoms with Gasteiger partial charge < -0.3 is 10.6 Å². The predicted molar refractivity (Wildman–Crippen MR) is 124 cm³/mol. The summed E-state index contributed by atoms with van der Waals surface area (Å²) in [5.74, 6) is 1.81. The second kappa shape index (κ2) is 8.47. The van der Waals surface area contributed by atoms with Crippen LogP contribution in [0.3, 0.4) is 0 Å². The van der Waals surface area contributed by atoms with Crippen LogP contribution in [0.5, 0.6) is 0 Å². The Balaban J connectivity index is 1.68. The van der Waals surface area contributed by atoms with E-state index >= 15 is 0 Å².